The van der Waals surface area contributed by atoms with Crippen LogP contribution in [0.5, 0.6) is 0 Å². The molecule has 0 bridgehead atoms. The van der Waals surface area contributed by atoms with Gasteiger partial charge >= 0.3 is 5.91 Å². The van der Waals surface area contributed by atoms with Crippen LogP contribution in [0.3, 0.4) is 0 Å². The monoisotopic (exact) mass is 355 g/mol. The summed E-state index contributed by atoms with van der Waals surface area (Å²) in [4.78, 5) is 47.2. The minimum absolute atomic E-state index is 0.124. The van der Waals surface area contributed by atoms with Gasteiger partial charge in [-0.2, -0.15) is 0 Å². The van der Waals surface area contributed by atoms with Crippen LogP contribution in [0.4, 0.5) is 11.4 Å². The summed E-state index contributed by atoms with van der Waals surface area (Å²) in [6.45, 7) is 0. The van der Waals surface area contributed by atoms with Gasteiger partial charge in [0.05, 0.1) is 16.2 Å². The van der Waals surface area contributed by atoms with E-state index in [0.29, 0.717) is 5.69 Å². The first-order chi connectivity index (χ1) is 11.9. The van der Waals surface area contributed by atoms with E-state index in [2.05, 4.69) is 5.32 Å². The molecule has 25 heavy (non-hydrogen) atoms. The van der Waals surface area contributed by atoms with E-state index in [0.717, 1.165) is 4.90 Å². The lowest BCUT2D eigenvalue weighted by Gasteiger charge is -2.17. The molecule has 2 aromatic rings. The molecule has 9 heteroatoms. The molecule has 0 aliphatic carbocycles. The van der Waals surface area contributed by atoms with Crippen LogP contribution in [0.25, 0.3) is 0 Å². The Balaban J connectivity index is 1.80. The molecule has 0 spiro atoms. The molecule has 0 atom stereocenters. The number of rotatable bonds is 2. The largest absolute Gasteiger partial charge is 0.305 e. The molecule has 0 radical (unpaired) electrons. The molecular weight excluding hydrogens is 346 g/mol. The third-order valence-electron chi connectivity index (χ3n) is 3.55. The van der Waals surface area contributed by atoms with Crippen LogP contribution < -0.4 is 10.2 Å². The highest BCUT2D eigenvalue weighted by Crippen LogP contribution is 2.28. The Hall–Kier alpha value is -3.46. The number of ketones is 1. The van der Waals surface area contributed by atoms with Crippen molar-refractivity contribution in [2.24, 2.45) is 0 Å². The van der Waals surface area contributed by atoms with Gasteiger partial charge in [0.1, 0.15) is 0 Å². The van der Waals surface area contributed by atoms with Gasteiger partial charge in [0.2, 0.25) is 0 Å². The van der Waals surface area contributed by atoms with Crippen LogP contribution >= 0.6 is 12.2 Å². The predicted molar refractivity (Wildman–Crippen MR) is 91.4 cm³/mol. The Kier molecular flexibility index (Phi) is 4.07. The zero-order chi connectivity index (χ0) is 18.1. The fourth-order valence-corrected chi connectivity index (χ4v) is 2.62. The number of hydrogen-bond donors (Lipinski definition) is 1. The highest BCUT2D eigenvalue weighted by atomic mass is 32.1. The number of para-hydroxylation sites is 1. The average molecular weight is 355 g/mol. The van der Waals surface area contributed by atoms with Crippen molar-refractivity contribution in [1.82, 2.24) is 5.32 Å². The quantitative estimate of drug-likeness (QED) is 0.381. The van der Waals surface area contributed by atoms with Crippen molar-refractivity contribution in [2.45, 2.75) is 0 Å². The minimum Gasteiger partial charge on any atom is -0.298 e. The number of anilines is 1. The number of carbonyl (C=O) groups excluding carboxylic acids is 3. The molecule has 2 aromatic carbocycles. The molecule has 0 aromatic heterocycles. The first kappa shape index (κ1) is 16.4. The fraction of sp³-hybridized carbons (Fsp3) is 0. The number of fused-ring (bicyclic) bond motifs is 1. The Morgan fingerprint density at radius 3 is 2.36 bits per heavy atom. The van der Waals surface area contributed by atoms with E-state index < -0.39 is 22.5 Å². The van der Waals surface area contributed by atoms with Gasteiger partial charge in [0, 0.05) is 17.7 Å². The van der Waals surface area contributed by atoms with Gasteiger partial charge in [0.25, 0.3) is 17.4 Å². The molecule has 1 heterocycles. The summed E-state index contributed by atoms with van der Waals surface area (Å²) in [5.41, 5.74) is 0.471. The van der Waals surface area contributed by atoms with Crippen molar-refractivity contribution in [2.75, 3.05) is 4.90 Å². The summed E-state index contributed by atoms with van der Waals surface area (Å²) in [6.07, 6.45) is 0. The average Bonchev–Trinajstić information content (AvgIpc) is 2.86. The second kappa shape index (κ2) is 6.21. The molecule has 2 amide bonds. The summed E-state index contributed by atoms with van der Waals surface area (Å²) in [5.74, 6) is -2.21. The number of benzene rings is 2. The van der Waals surface area contributed by atoms with Crippen LogP contribution in [0.15, 0.2) is 48.5 Å². The molecule has 1 aliphatic rings. The van der Waals surface area contributed by atoms with Gasteiger partial charge in [-0.15, -0.1) is 0 Å². The second-order valence-corrected chi connectivity index (χ2v) is 5.44. The van der Waals surface area contributed by atoms with Gasteiger partial charge in [-0.3, -0.25) is 29.8 Å². The predicted octanol–water partition coefficient (Wildman–Crippen LogP) is 1.84. The molecule has 8 nitrogen and oxygen atoms in total. The molecule has 1 aliphatic heterocycles. The third kappa shape index (κ3) is 2.88. The number of nitrogens with zero attached hydrogens (tertiary/aromatic N) is 2. The van der Waals surface area contributed by atoms with Gasteiger partial charge in [0.15, 0.2) is 5.11 Å². The summed E-state index contributed by atoms with van der Waals surface area (Å²) in [6, 6.07) is 11.2. The highest BCUT2D eigenvalue weighted by molar-refractivity contribution is 7.80. The number of carbonyl (C=O) groups is 3. The number of amides is 2. The number of Topliss-reactive ketones (excluding diaryl/α,β-unsaturated/α-hetero) is 1. The number of thiocarbonyl (C=S) groups is 1. The summed E-state index contributed by atoms with van der Waals surface area (Å²) in [5, 5.41) is 12.7. The third-order valence-corrected chi connectivity index (χ3v) is 3.84. The van der Waals surface area contributed by atoms with Gasteiger partial charge in [-0.1, -0.05) is 12.1 Å². The normalized spacial score (nSPS) is 12.7. The first-order valence-corrected chi connectivity index (χ1v) is 7.38. The molecule has 0 saturated heterocycles. The van der Waals surface area contributed by atoms with Crippen LogP contribution in [-0.4, -0.2) is 27.6 Å². The minimum atomic E-state index is -0.852. The lowest BCUT2D eigenvalue weighted by atomic mass is 10.1. The number of nitro benzene ring substituents is 1. The summed E-state index contributed by atoms with van der Waals surface area (Å²) < 4.78 is 0. The molecule has 0 unspecified atom stereocenters. The highest BCUT2D eigenvalue weighted by Gasteiger charge is 2.38. The zero-order valence-electron chi connectivity index (χ0n) is 12.5. The van der Waals surface area contributed by atoms with E-state index in [1.807, 2.05) is 0 Å². The Morgan fingerprint density at radius 1 is 1.08 bits per heavy atom. The second-order valence-electron chi connectivity index (χ2n) is 5.05. The molecule has 1 N–H and O–H groups in total. The van der Waals surface area contributed by atoms with Crippen LogP contribution in [0.2, 0.25) is 0 Å². The molecule has 3 rings (SSSR count). The smallest absolute Gasteiger partial charge is 0.298 e. The maximum atomic E-state index is 12.2. The fourth-order valence-electron chi connectivity index (χ4n) is 2.35. The molecule has 0 fully saturated rings. The van der Waals surface area contributed by atoms with Crippen molar-refractivity contribution in [3.63, 3.8) is 0 Å². The molecule has 124 valence electrons. The number of non-ortho nitro benzene ring substituents is 1. The van der Waals surface area contributed by atoms with Crippen LogP contribution in [0.1, 0.15) is 20.7 Å². The topological polar surface area (TPSA) is 110 Å². The SMILES string of the molecule is O=C(NC(=S)N1C(=O)C(=O)c2ccccc21)c1ccc([N+](=O)[O-])cc1. The maximum Gasteiger partial charge on any atom is 0.305 e. The lowest BCUT2D eigenvalue weighted by Crippen LogP contribution is -2.45. The van der Waals surface area contributed by atoms with Gasteiger partial charge in [-0.25, -0.2) is 4.90 Å². The van der Waals surface area contributed by atoms with Crippen LogP contribution in [-0.2, 0) is 4.79 Å². The number of hydrogen-bond acceptors (Lipinski definition) is 6. The first-order valence-electron chi connectivity index (χ1n) is 6.97. The van der Waals surface area contributed by atoms with E-state index in [1.165, 1.54) is 30.3 Å². The Bertz CT molecular complexity index is 939. The summed E-state index contributed by atoms with van der Waals surface area (Å²) >= 11 is 5.08. The summed E-state index contributed by atoms with van der Waals surface area (Å²) in [7, 11) is 0. The number of nitro groups is 1. The van der Waals surface area contributed by atoms with E-state index in [9.17, 15) is 24.5 Å². The standard InChI is InChI=1S/C16H9N3O5S/c20-13-11-3-1-2-4-12(11)18(15(13)22)16(25)17-14(21)9-5-7-10(8-6-9)19(23)24/h1-8H,(H,17,21,25). The molecule has 0 saturated carbocycles. The van der Waals surface area contributed by atoms with E-state index in [4.69, 9.17) is 12.2 Å². The van der Waals surface area contributed by atoms with Crippen molar-refractivity contribution >= 4 is 46.3 Å². The van der Waals surface area contributed by atoms with Gasteiger partial charge in [-0.05, 0) is 36.5 Å². The Labute approximate surface area is 146 Å². The Morgan fingerprint density at radius 2 is 1.72 bits per heavy atom. The van der Waals surface area contributed by atoms with Gasteiger partial charge < -0.3 is 0 Å². The van der Waals surface area contributed by atoms with E-state index in [-0.39, 0.29) is 21.9 Å². The maximum absolute atomic E-state index is 12.2. The lowest BCUT2D eigenvalue weighted by molar-refractivity contribution is -0.384. The number of nitrogens with one attached hydrogen (secondary N) is 1. The van der Waals surface area contributed by atoms with Crippen molar-refractivity contribution in [3.8, 4) is 0 Å². The van der Waals surface area contributed by atoms with Crippen LogP contribution in [0, 0.1) is 10.1 Å². The van der Waals surface area contributed by atoms with E-state index >= 15 is 0 Å². The van der Waals surface area contributed by atoms with Crippen molar-refractivity contribution < 1.29 is 19.3 Å². The van der Waals surface area contributed by atoms with E-state index in [1.54, 1.807) is 18.2 Å². The van der Waals surface area contributed by atoms with Crippen molar-refractivity contribution in [3.05, 3.63) is 69.8 Å². The zero-order valence-corrected chi connectivity index (χ0v) is 13.3. The van der Waals surface area contributed by atoms with Crippen molar-refractivity contribution in [1.29, 1.82) is 0 Å². The molecular formula is C16H9N3O5S.